The molecule has 2 aromatic heterocycles. The van der Waals surface area contributed by atoms with Crippen LogP contribution >= 0.6 is 11.6 Å². The van der Waals surface area contributed by atoms with Crippen LogP contribution < -0.4 is 0 Å². The van der Waals surface area contributed by atoms with E-state index < -0.39 is 6.10 Å². The van der Waals surface area contributed by atoms with Crippen LogP contribution in [0.2, 0.25) is 5.15 Å². The molecule has 2 aromatic rings. The maximum Gasteiger partial charge on any atom is 0.130 e. The van der Waals surface area contributed by atoms with Crippen molar-refractivity contribution in [2.24, 2.45) is 14.1 Å². The summed E-state index contributed by atoms with van der Waals surface area (Å²) < 4.78 is 3.35. The molecular formula is C13H19ClN4O. The van der Waals surface area contributed by atoms with Crippen molar-refractivity contribution >= 4 is 11.6 Å². The minimum Gasteiger partial charge on any atom is -0.386 e. The first-order valence-electron chi connectivity index (χ1n) is 6.32. The largest absolute Gasteiger partial charge is 0.386 e. The molecule has 6 heteroatoms. The molecule has 0 aliphatic rings. The maximum absolute atomic E-state index is 10.4. The highest BCUT2D eigenvalue weighted by Gasteiger charge is 2.19. The molecule has 0 amide bonds. The molecule has 2 rings (SSSR count). The zero-order valence-electron chi connectivity index (χ0n) is 11.7. The van der Waals surface area contributed by atoms with E-state index in [-0.39, 0.29) is 0 Å². The van der Waals surface area contributed by atoms with Crippen LogP contribution in [0.3, 0.4) is 0 Å². The fraction of sp³-hybridized carbons (Fsp3) is 0.538. The molecule has 1 unspecified atom stereocenters. The Morgan fingerprint density at radius 3 is 2.47 bits per heavy atom. The van der Waals surface area contributed by atoms with Crippen molar-refractivity contribution in [1.29, 1.82) is 0 Å². The fourth-order valence-corrected chi connectivity index (χ4v) is 2.48. The minimum atomic E-state index is -0.627. The van der Waals surface area contributed by atoms with Crippen molar-refractivity contribution in [3.63, 3.8) is 0 Å². The van der Waals surface area contributed by atoms with Gasteiger partial charge in [0.2, 0.25) is 0 Å². The summed E-state index contributed by atoms with van der Waals surface area (Å²) in [6.07, 6.45) is 0.673. The second-order valence-corrected chi connectivity index (χ2v) is 5.09. The van der Waals surface area contributed by atoms with Gasteiger partial charge in [-0.3, -0.25) is 9.36 Å². The van der Waals surface area contributed by atoms with Gasteiger partial charge in [-0.05, 0) is 19.4 Å². The average Bonchev–Trinajstić information content (AvgIpc) is 2.85. The van der Waals surface area contributed by atoms with Gasteiger partial charge in [0.15, 0.2) is 0 Å². The number of hydrogen-bond acceptors (Lipinski definition) is 3. The Bertz CT molecular complexity index is 588. The second kappa shape index (κ2) is 5.35. The van der Waals surface area contributed by atoms with E-state index in [9.17, 15) is 5.11 Å². The van der Waals surface area contributed by atoms with E-state index in [1.165, 1.54) is 0 Å². The number of rotatable bonds is 4. The molecule has 0 aliphatic heterocycles. The topological polar surface area (TPSA) is 55.9 Å². The molecule has 5 nitrogen and oxygen atoms in total. The van der Waals surface area contributed by atoms with Gasteiger partial charge in [0, 0.05) is 26.1 Å². The summed E-state index contributed by atoms with van der Waals surface area (Å²) in [6, 6.07) is 1.93. The van der Waals surface area contributed by atoms with Gasteiger partial charge in [0.25, 0.3) is 0 Å². The van der Waals surface area contributed by atoms with Gasteiger partial charge in [-0.2, -0.15) is 10.2 Å². The van der Waals surface area contributed by atoms with Gasteiger partial charge in [-0.1, -0.05) is 18.5 Å². The molecule has 0 spiro atoms. The quantitative estimate of drug-likeness (QED) is 0.933. The normalized spacial score (nSPS) is 12.9. The van der Waals surface area contributed by atoms with Gasteiger partial charge in [0.05, 0.1) is 23.2 Å². The third-order valence-electron chi connectivity index (χ3n) is 3.34. The van der Waals surface area contributed by atoms with Crippen LogP contribution in [0.1, 0.15) is 35.7 Å². The minimum absolute atomic E-state index is 0.446. The molecular weight excluding hydrogens is 264 g/mol. The first-order valence-corrected chi connectivity index (χ1v) is 6.70. The molecule has 0 saturated heterocycles. The first kappa shape index (κ1) is 14.1. The van der Waals surface area contributed by atoms with Crippen LogP contribution in [0.25, 0.3) is 0 Å². The van der Waals surface area contributed by atoms with E-state index in [2.05, 4.69) is 10.2 Å². The van der Waals surface area contributed by atoms with Crippen LogP contribution in [-0.2, 0) is 26.9 Å². The number of nitrogens with zero attached hydrogens (tertiary/aromatic N) is 4. The maximum atomic E-state index is 10.4. The molecule has 19 heavy (non-hydrogen) atoms. The lowest BCUT2D eigenvalue weighted by Crippen LogP contribution is -2.08. The predicted octanol–water partition coefficient (Wildman–Crippen LogP) is 1.95. The molecule has 0 bridgehead atoms. The van der Waals surface area contributed by atoms with Crippen molar-refractivity contribution in [1.82, 2.24) is 19.6 Å². The molecule has 0 saturated carbocycles. The number of aliphatic hydroxyl groups is 1. The number of halogens is 1. The van der Waals surface area contributed by atoms with Gasteiger partial charge < -0.3 is 5.11 Å². The first-order chi connectivity index (χ1) is 8.93. The van der Waals surface area contributed by atoms with E-state index >= 15 is 0 Å². The SMILES string of the molecule is CCc1cc(C(O)Cc2c(C)nn(C)c2Cl)n(C)n1. The lowest BCUT2D eigenvalue weighted by molar-refractivity contribution is 0.168. The van der Waals surface area contributed by atoms with Crippen molar-refractivity contribution in [3.8, 4) is 0 Å². The van der Waals surface area contributed by atoms with Crippen molar-refractivity contribution in [2.45, 2.75) is 32.8 Å². The van der Waals surface area contributed by atoms with Crippen LogP contribution in [0, 0.1) is 6.92 Å². The monoisotopic (exact) mass is 282 g/mol. The summed E-state index contributed by atoms with van der Waals surface area (Å²) in [6.45, 7) is 3.94. The zero-order chi connectivity index (χ0) is 14.2. The fourth-order valence-electron chi connectivity index (χ4n) is 2.23. The summed E-state index contributed by atoms with van der Waals surface area (Å²) in [5.41, 5.74) is 3.52. The van der Waals surface area contributed by atoms with Crippen molar-refractivity contribution in [3.05, 3.63) is 33.9 Å². The summed E-state index contributed by atoms with van der Waals surface area (Å²) >= 11 is 6.18. The number of aryl methyl sites for hydroxylation is 4. The smallest absolute Gasteiger partial charge is 0.130 e. The van der Waals surface area contributed by atoms with E-state index in [0.717, 1.165) is 29.1 Å². The van der Waals surface area contributed by atoms with Crippen LogP contribution in [0.15, 0.2) is 6.07 Å². The van der Waals surface area contributed by atoms with E-state index in [1.807, 2.05) is 27.0 Å². The summed E-state index contributed by atoms with van der Waals surface area (Å²) in [7, 11) is 3.64. The standard InChI is InChI=1S/C13H19ClN4O/c1-5-9-6-11(17(3)16-9)12(19)7-10-8(2)15-18(4)13(10)14/h6,12,19H,5,7H2,1-4H3. The highest BCUT2D eigenvalue weighted by Crippen LogP contribution is 2.25. The van der Waals surface area contributed by atoms with Crippen molar-refractivity contribution in [2.75, 3.05) is 0 Å². The van der Waals surface area contributed by atoms with Gasteiger partial charge in [0.1, 0.15) is 5.15 Å². The Hall–Kier alpha value is -1.33. The molecule has 2 heterocycles. The van der Waals surface area contributed by atoms with E-state index in [1.54, 1.807) is 16.4 Å². The van der Waals surface area contributed by atoms with Crippen LogP contribution in [-0.4, -0.2) is 24.7 Å². The third-order valence-corrected chi connectivity index (χ3v) is 3.81. The molecule has 1 N–H and O–H groups in total. The molecule has 1 atom stereocenters. The Morgan fingerprint density at radius 2 is 2.00 bits per heavy atom. The summed E-state index contributed by atoms with van der Waals surface area (Å²) in [5, 5.41) is 19.5. The molecule has 0 radical (unpaired) electrons. The molecule has 104 valence electrons. The summed E-state index contributed by atoms with van der Waals surface area (Å²) in [5.74, 6) is 0. The Kier molecular flexibility index (Phi) is 3.96. The molecule has 0 aliphatic carbocycles. The molecule has 0 fully saturated rings. The lowest BCUT2D eigenvalue weighted by atomic mass is 10.1. The van der Waals surface area contributed by atoms with Gasteiger partial charge in [-0.25, -0.2) is 0 Å². The van der Waals surface area contributed by atoms with Gasteiger partial charge in [-0.15, -0.1) is 0 Å². The van der Waals surface area contributed by atoms with Crippen LogP contribution in [0.4, 0.5) is 0 Å². The number of aromatic nitrogens is 4. The predicted molar refractivity (Wildman–Crippen MR) is 74.2 cm³/mol. The number of hydrogen-bond donors (Lipinski definition) is 1. The highest BCUT2D eigenvalue weighted by atomic mass is 35.5. The third kappa shape index (κ3) is 2.67. The Morgan fingerprint density at radius 1 is 1.32 bits per heavy atom. The Balaban J connectivity index is 2.25. The Labute approximate surface area is 117 Å². The second-order valence-electron chi connectivity index (χ2n) is 4.74. The molecule has 0 aromatic carbocycles. The van der Waals surface area contributed by atoms with Crippen molar-refractivity contribution < 1.29 is 5.11 Å². The highest BCUT2D eigenvalue weighted by molar-refractivity contribution is 6.30. The lowest BCUT2D eigenvalue weighted by Gasteiger charge is -2.10. The van der Waals surface area contributed by atoms with Gasteiger partial charge >= 0.3 is 0 Å². The van der Waals surface area contributed by atoms with E-state index in [0.29, 0.717) is 11.6 Å². The summed E-state index contributed by atoms with van der Waals surface area (Å²) in [4.78, 5) is 0. The number of aliphatic hydroxyl groups excluding tert-OH is 1. The zero-order valence-corrected chi connectivity index (χ0v) is 12.4. The average molecular weight is 283 g/mol. The van der Waals surface area contributed by atoms with Crippen LogP contribution in [0.5, 0.6) is 0 Å². The van der Waals surface area contributed by atoms with E-state index in [4.69, 9.17) is 11.6 Å².